The van der Waals surface area contributed by atoms with E-state index >= 15 is 0 Å². The van der Waals surface area contributed by atoms with Gasteiger partial charge in [-0.2, -0.15) is 0 Å². The number of piperidine rings is 1. The minimum Gasteiger partial charge on any atom is -0.310 e. The van der Waals surface area contributed by atoms with Gasteiger partial charge in [0.25, 0.3) is 17.7 Å². The van der Waals surface area contributed by atoms with Crippen LogP contribution < -0.4 is 0 Å². The first-order valence-corrected chi connectivity index (χ1v) is 7.72. The number of hydrogen-bond donors (Lipinski definition) is 0. The Balaban J connectivity index is 1.97. The summed E-state index contributed by atoms with van der Waals surface area (Å²) in [7, 11) is 0. The molecule has 1 aromatic carbocycles. The lowest BCUT2D eigenvalue weighted by molar-refractivity contribution is -0.140. The number of amides is 3. The number of carbonyl (C=O) groups is 3. The summed E-state index contributed by atoms with van der Waals surface area (Å²) in [5.74, 6) is -1.00. The third-order valence-electron chi connectivity index (χ3n) is 4.34. The molecule has 0 aromatic heterocycles. The minimum absolute atomic E-state index is 0.233. The number of likely N-dealkylation sites (tertiary alicyclic amines) is 1. The normalized spacial score (nSPS) is 22.0. The third-order valence-corrected chi connectivity index (χ3v) is 4.34. The molecule has 5 nitrogen and oxygen atoms in total. The van der Waals surface area contributed by atoms with Crippen molar-refractivity contribution in [3.63, 3.8) is 0 Å². The summed E-state index contributed by atoms with van der Waals surface area (Å²) < 4.78 is 0. The Labute approximate surface area is 135 Å². The van der Waals surface area contributed by atoms with Crippen LogP contribution in [0.25, 0.3) is 0 Å². The van der Waals surface area contributed by atoms with Crippen molar-refractivity contribution in [3.05, 3.63) is 47.7 Å². The van der Waals surface area contributed by atoms with Crippen molar-refractivity contribution >= 4 is 17.7 Å². The molecule has 1 saturated heterocycles. The molecule has 0 radical (unpaired) electrons. The first-order valence-electron chi connectivity index (χ1n) is 7.72. The van der Waals surface area contributed by atoms with Gasteiger partial charge in [0.1, 0.15) is 6.04 Å². The fourth-order valence-corrected chi connectivity index (χ4v) is 3.38. The molecule has 1 unspecified atom stereocenters. The molecule has 0 bridgehead atoms. The van der Waals surface area contributed by atoms with Crippen LogP contribution in [0.1, 0.15) is 54.3 Å². The van der Waals surface area contributed by atoms with Crippen LogP contribution in [0.15, 0.2) is 36.5 Å². The van der Waals surface area contributed by atoms with Crippen molar-refractivity contribution in [3.8, 4) is 0 Å². The fourth-order valence-electron chi connectivity index (χ4n) is 3.38. The molecule has 0 aliphatic carbocycles. The van der Waals surface area contributed by atoms with Gasteiger partial charge >= 0.3 is 0 Å². The molecule has 5 heteroatoms. The summed E-state index contributed by atoms with van der Waals surface area (Å²) in [6.45, 7) is 9.72. The molecule has 23 heavy (non-hydrogen) atoms. The van der Waals surface area contributed by atoms with Crippen molar-refractivity contribution in [2.75, 3.05) is 0 Å². The Hall–Kier alpha value is -2.43. The molecular weight excluding hydrogens is 292 g/mol. The van der Waals surface area contributed by atoms with Gasteiger partial charge in [0.05, 0.1) is 11.1 Å². The van der Waals surface area contributed by atoms with E-state index in [0.717, 1.165) is 10.6 Å². The van der Waals surface area contributed by atoms with E-state index in [9.17, 15) is 14.4 Å². The number of fused-ring (bicyclic) bond motifs is 1. The number of benzene rings is 1. The van der Waals surface area contributed by atoms with Gasteiger partial charge in [-0.1, -0.05) is 18.7 Å². The van der Waals surface area contributed by atoms with Gasteiger partial charge in [-0.3, -0.25) is 19.3 Å². The molecule has 1 aromatic rings. The van der Waals surface area contributed by atoms with Crippen molar-refractivity contribution in [1.29, 1.82) is 0 Å². The monoisotopic (exact) mass is 312 g/mol. The lowest BCUT2D eigenvalue weighted by Gasteiger charge is -2.44. The number of hydrogen-bond acceptors (Lipinski definition) is 3. The van der Waals surface area contributed by atoms with Crippen LogP contribution in [0.5, 0.6) is 0 Å². The lowest BCUT2D eigenvalue weighted by Crippen LogP contribution is -2.57. The van der Waals surface area contributed by atoms with Gasteiger partial charge in [0.15, 0.2) is 0 Å². The molecule has 2 aliphatic rings. The second-order valence-electron chi connectivity index (χ2n) is 6.99. The molecule has 3 rings (SSSR count). The van der Waals surface area contributed by atoms with E-state index in [1.54, 1.807) is 29.2 Å². The van der Waals surface area contributed by atoms with E-state index in [1.807, 2.05) is 20.8 Å². The maximum absolute atomic E-state index is 12.9. The SMILES string of the molecule is C=C1CCC(N2C(=O)c3ccccc3C2=O)C(=O)N1C(C)(C)C. The Bertz CT molecular complexity index is 695. The predicted octanol–water partition coefficient (Wildman–Crippen LogP) is 2.59. The van der Waals surface area contributed by atoms with Crippen LogP contribution in [-0.4, -0.2) is 39.1 Å². The summed E-state index contributed by atoms with van der Waals surface area (Å²) in [5.41, 5.74) is 1.04. The van der Waals surface area contributed by atoms with Crippen LogP contribution >= 0.6 is 0 Å². The molecule has 0 N–H and O–H groups in total. The average molecular weight is 312 g/mol. The number of imide groups is 1. The number of rotatable bonds is 1. The van der Waals surface area contributed by atoms with Gasteiger partial charge < -0.3 is 4.90 Å². The molecule has 1 atom stereocenters. The Morgan fingerprint density at radius 1 is 1.04 bits per heavy atom. The first kappa shape index (κ1) is 15.5. The van der Waals surface area contributed by atoms with Gasteiger partial charge in [-0.25, -0.2) is 0 Å². The largest absolute Gasteiger partial charge is 0.310 e. The molecule has 3 amide bonds. The van der Waals surface area contributed by atoms with Crippen LogP contribution in [0.2, 0.25) is 0 Å². The number of nitrogens with zero attached hydrogens (tertiary/aromatic N) is 2. The topological polar surface area (TPSA) is 57.7 Å². The second-order valence-corrected chi connectivity index (χ2v) is 6.99. The Morgan fingerprint density at radius 2 is 1.57 bits per heavy atom. The van der Waals surface area contributed by atoms with E-state index < -0.39 is 11.6 Å². The standard InChI is InChI=1S/C18H20N2O3/c1-11-9-10-14(17(23)20(11)18(2,3)4)19-15(21)12-7-5-6-8-13(12)16(19)22/h5-8,14H,1,9-10H2,2-4H3. The van der Waals surface area contributed by atoms with Crippen LogP contribution in [0.3, 0.4) is 0 Å². The van der Waals surface area contributed by atoms with Gasteiger partial charge in [-0.05, 0) is 45.7 Å². The molecule has 0 spiro atoms. The van der Waals surface area contributed by atoms with Gasteiger partial charge in [0, 0.05) is 11.2 Å². The number of carbonyl (C=O) groups excluding carboxylic acids is 3. The molecule has 120 valence electrons. The molecule has 0 saturated carbocycles. The van der Waals surface area contributed by atoms with Crippen molar-refractivity contribution in [2.45, 2.75) is 45.2 Å². The average Bonchev–Trinajstić information content (AvgIpc) is 2.71. The highest BCUT2D eigenvalue weighted by Gasteiger charge is 2.47. The first-order chi connectivity index (χ1) is 10.7. The summed E-state index contributed by atoms with van der Waals surface area (Å²) >= 11 is 0. The van der Waals surface area contributed by atoms with Crippen molar-refractivity contribution in [2.24, 2.45) is 0 Å². The second kappa shape index (κ2) is 5.05. The van der Waals surface area contributed by atoms with E-state index in [-0.39, 0.29) is 17.7 Å². The summed E-state index contributed by atoms with van der Waals surface area (Å²) in [6, 6.07) is 5.94. The van der Waals surface area contributed by atoms with E-state index in [1.165, 1.54) is 0 Å². The maximum Gasteiger partial charge on any atom is 0.262 e. The zero-order chi connectivity index (χ0) is 16.9. The van der Waals surface area contributed by atoms with Crippen molar-refractivity contribution < 1.29 is 14.4 Å². The molecule has 1 fully saturated rings. The van der Waals surface area contributed by atoms with Crippen LogP contribution in [0, 0.1) is 0 Å². The van der Waals surface area contributed by atoms with Gasteiger partial charge in [0.2, 0.25) is 0 Å². The predicted molar refractivity (Wildman–Crippen MR) is 85.7 cm³/mol. The zero-order valence-corrected chi connectivity index (χ0v) is 13.6. The van der Waals surface area contributed by atoms with E-state index in [4.69, 9.17) is 0 Å². The quantitative estimate of drug-likeness (QED) is 0.749. The number of allylic oxidation sites excluding steroid dienone is 1. The summed E-state index contributed by atoms with van der Waals surface area (Å²) in [5, 5.41) is 0. The Morgan fingerprint density at radius 3 is 2.04 bits per heavy atom. The van der Waals surface area contributed by atoms with Gasteiger partial charge in [-0.15, -0.1) is 0 Å². The molecule has 2 aliphatic heterocycles. The van der Waals surface area contributed by atoms with E-state index in [2.05, 4.69) is 6.58 Å². The molecular formula is C18H20N2O3. The van der Waals surface area contributed by atoms with E-state index in [0.29, 0.717) is 24.0 Å². The van der Waals surface area contributed by atoms with Crippen LogP contribution in [0.4, 0.5) is 0 Å². The molecule has 2 heterocycles. The fraction of sp³-hybridized carbons (Fsp3) is 0.389. The third kappa shape index (κ3) is 2.27. The van der Waals surface area contributed by atoms with Crippen molar-refractivity contribution in [1.82, 2.24) is 9.80 Å². The summed E-state index contributed by atoms with van der Waals surface area (Å²) in [6.07, 6.45) is 1.01. The highest BCUT2D eigenvalue weighted by molar-refractivity contribution is 6.22. The lowest BCUT2D eigenvalue weighted by atomic mass is 9.94. The highest BCUT2D eigenvalue weighted by atomic mass is 16.2. The minimum atomic E-state index is -0.757. The smallest absolute Gasteiger partial charge is 0.262 e. The zero-order valence-electron chi connectivity index (χ0n) is 13.6. The Kier molecular flexibility index (Phi) is 3.39. The summed E-state index contributed by atoms with van der Waals surface area (Å²) in [4.78, 5) is 40.9. The van der Waals surface area contributed by atoms with Crippen LogP contribution in [-0.2, 0) is 4.79 Å². The maximum atomic E-state index is 12.9. The highest BCUT2D eigenvalue weighted by Crippen LogP contribution is 2.34.